The molecule has 1 fully saturated rings. The van der Waals surface area contributed by atoms with Gasteiger partial charge in [-0.3, -0.25) is 0 Å². The minimum absolute atomic E-state index is 0.930. The van der Waals surface area contributed by atoms with Crippen LogP contribution in [0.4, 0.5) is 0 Å². The summed E-state index contributed by atoms with van der Waals surface area (Å²) in [5.74, 6) is 0. The molecule has 0 spiro atoms. The summed E-state index contributed by atoms with van der Waals surface area (Å²) >= 11 is -0.930. The largest absolute Gasteiger partial charge is 0.228 e. The highest BCUT2D eigenvalue weighted by Crippen LogP contribution is 2.08. The second-order valence-electron chi connectivity index (χ2n) is 2.44. The normalized spacial score (nSPS) is 24.5. The molecule has 0 bridgehead atoms. The van der Waals surface area contributed by atoms with E-state index in [2.05, 4.69) is 4.72 Å². The second-order valence-corrected chi connectivity index (χ2v) is 3.87. The highest BCUT2D eigenvalue weighted by atomic mass is 32.2. The Hall–Kier alpha value is 0.0700. The molecule has 1 saturated heterocycles. The zero-order valence-electron chi connectivity index (χ0n) is 6.30. The van der Waals surface area contributed by atoms with Gasteiger partial charge in [-0.25, -0.2) is 13.2 Å². The number of nitrogens with zero attached hydrogens (tertiary/aromatic N) is 1. The zero-order chi connectivity index (χ0) is 7.40. The van der Waals surface area contributed by atoms with Crippen LogP contribution in [0.25, 0.3) is 0 Å². The summed E-state index contributed by atoms with van der Waals surface area (Å²) in [6.45, 7) is 1.96. The number of hydrogen-bond acceptors (Lipinski definition) is 1. The Balaban J connectivity index is 2.31. The summed E-state index contributed by atoms with van der Waals surface area (Å²) in [7, 11) is 1.73. The number of hydrogen-bond donors (Lipinski definition) is 1. The summed E-state index contributed by atoms with van der Waals surface area (Å²) < 4.78 is 15.8. The SMILES string of the molecule is CNS(=O)N1CCCCC1. The van der Waals surface area contributed by atoms with Gasteiger partial charge in [0.25, 0.3) is 0 Å². The summed E-state index contributed by atoms with van der Waals surface area (Å²) in [5, 5.41) is 0. The number of piperidine rings is 1. The quantitative estimate of drug-likeness (QED) is 0.621. The maximum absolute atomic E-state index is 11.1. The molecule has 0 radical (unpaired) electrons. The van der Waals surface area contributed by atoms with E-state index in [0.29, 0.717) is 0 Å². The molecule has 1 unspecified atom stereocenters. The first-order valence-electron chi connectivity index (χ1n) is 3.69. The third-order valence-corrected chi connectivity index (χ3v) is 2.91. The van der Waals surface area contributed by atoms with Crippen LogP contribution >= 0.6 is 0 Å². The van der Waals surface area contributed by atoms with Crippen molar-refractivity contribution >= 4 is 11.2 Å². The maximum atomic E-state index is 11.1. The Labute approximate surface area is 64.5 Å². The first-order chi connectivity index (χ1) is 4.84. The van der Waals surface area contributed by atoms with Gasteiger partial charge >= 0.3 is 0 Å². The van der Waals surface area contributed by atoms with Crippen LogP contribution in [-0.2, 0) is 11.2 Å². The third-order valence-electron chi connectivity index (χ3n) is 1.72. The van der Waals surface area contributed by atoms with Crippen LogP contribution < -0.4 is 4.72 Å². The van der Waals surface area contributed by atoms with Gasteiger partial charge in [-0.05, 0) is 19.9 Å². The molecule has 0 amide bonds. The third kappa shape index (κ3) is 2.04. The predicted octanol–water partition coefficient (Wildman–Crippen LogP) is 0.270. The molecule has 1 rings (SSSR count). The van der Waals surface area contributed by atoms with Gasteiger partial charge in [0, 0.05) is 13.1 Å². The lowest BCUT2D eigenvalue weighted by Crippen LogP contribution is -2.37. The van der Waals surface area contributed by atoms with E-state index >= 15 is 0 Å². The van der Waals surface area contributed by atoms with E-state index in [9.17, 15) is 4.21 Å². The van der Waals surface area contributed by atoms with Crippen LogP contribution in [0.2, 0.25) is 0 Å². The van der Waals surface area contributed by atoms with E-state index in [0.717, 1.165) is 13.1 Å². The van der Waals surface area contributed by atoms with Crippen molar-refractivity contribution in [3.8, 4) is 0 Å². The molecule has 10 heavy (non-hydrogen) atoms. The van der Waals surface area contributed by atoms with E-state index in [-0.39, 0.29) is 0 Å². The molecule has 0 aromatic rings. The minimum Gasteiger partial charge on any atom is -0.228 e. The Morgan fingerprint density at radius 3 is 2.40 bits per heavy atom. The van der Waals surface area contributed by atoms with E-state index in [1.54, 1.807) is 7.05 Å². The van der Waals surface area contributed by atoms with Gasteiger partial charge in [-0.1, -0.05) is 6.42 Å². The molecule has 3 nitrogen and oxygen atoms in total. The van der Waals surface area contributed by atoms with Crippen LogP contribution in [0.3, 0.4) is 0 Å². The standard InChI is InChI=1S/C6H14N2OS/c1-7-10(9)8-5-3-2-4-6-8/h7H,2-6H2,1H3. The molecule has 0 aromatic carbocycles. The lowest BCUT2D eigenvalue weighted by atomic mass is 10.2. The molecule has 60 valence electrons. The molecule has 4 heteroatoms. The molecular weight excluding hydrogens is 148 g/mol. The van der Waals surface area contributed by atoms with Crippen molar-refractivity contribution < 1.29 is 4.21 Å². The van der Waals surface area contributed by atoms with Crippen molar-refractivity contribution in [1.82, 2.24) is 9.03 Å². The summed E-state index contributed by atoms with van der Waals surface area (Å²) in [4.78, 5) is 0. The van der Waals surface area contributed by atoms with Crippen LogP contribution in [0.5, 0.6) is 0 Å². The van der Waals surface area contributed by atoms with Gasteiger partial charge in [0.1, 0.15) is 0 Å². The molecule has 1 atom stereocenters. The summed E-state index contributed by atoms with van der Waals surface area (Å²) in [5.41, 5.74) is 0. The average molecular weight is 162 g/mol. The van der Waals surface area contributed by atoms with E-state index < -0.39 is 11.2 Å². The number of rotatable bonds is 2. The molecule has 1 aliphatic heterocycles. The summed E-state index contributed by atoms with van der Waals surface area (Å²) in [6.07, 6.45) is 3.66. The Bertz CT molecular complexity index is 123. The maximum Gasteiger partial charge on any atom is 0.169 e. The molecule has 0 aliphatic carbocycles. The smallest absolute Gasteiger partial charge is 0.169 e. The van der Waals surface area contributed by atoms with Crippen molar-refractivity contribution in [1.29, 1.82) is 0 Å². The van der Waals surface area contributed by atoms with E-state index in [4.69, 9.17) is 0 Å². The van der Waals surface area contributed by atoms with Crippen molar-refractivity contribution in [3.05, 3.63) is 0 Å². The fraction of sp³-hybridized carbons (Fsp3) is 1.00. The highest BCUT2D eigenvalue weighted by Gasteiger charge is 2.13. The fourth-order valence-electron chi connectivity index (χ4n) is 1.16. The van der Waals surface area contributed by atoms with Crippen molar-refractivity contribution in [2.24, 2.45) is 0 Å². The molecule has 0 aromatic heterocycles. The molecule has 1 N–H and O–H groups in total. The predicted molar refractivity (Wildman–Crippen MR) is 42.6 cm³/mol. The van der Waals surface area contributed by atoms with Gasteiger partial charge in [-0.15, -0.1) is 0 Å². The minimum atomic E-state index is -0.930. The first kappa shape index (κ1) is 8.17. The Morgan fingerprint density at radius 1 is 1.30 bits per heavy atom. The van der Waals surface area contributed by atoms with Crippen LogP contribution in [0.15, 0.2) is 0 Å². The first-order valence-corrected chi connectivity index (χ1v) is 4.79. The van der Waals surface area contributed by atoms with Crippen LogP contribution in [0.1, 0.15) is 19.3 Å². The van der Waals surface area contributed by atoms with Gasteiger partial charge in [0.05, 0.1) is 0 Å². The molecule has 1 heterocycles. The lowest BCUT2D eigenvalue weighted by Gasteiger charge is -2.23. The zero-order valence-corrected chi connectivity index (χ0v) is 7.12. The monoisotopic (exact) mass is 162 g/mol. The lowest BCUT2D eigenvalue weighted by molar-refractivity contribution is 0.363. The van der Waals surface area contributed by atoms with Gasteiger partial charge in [0.15, 0.2) is 11.2 Å². The van der Waals surface area contributed by atoms with Crippen molar-refractivity contribution in [2.75, 3.05) is 20.1 Å². The molecule has 1 aliphatic rings. The topological polar surface area (TPSA) is 32.3 Å². The van der Waals surface area contributed by atoms with Gasteiger partial charge < -0.3 is 0 Å². The Kier molecular flexibility index (Phi) is 3.31. The fourth-order valence-corrected chi connectivity index (χ4v) is 2.01. The van der Waals surface area contributed by atoms with Gasteiger partial charge in [-0.2, -0.15) is 0 Å². The Morgan fingerprint density at radius 2 is 1.90 bits per heavy atom. The average Bonchev–Trinajstić information content (AvgIpc) is 2.05. The molecular formula is C6H14N2OS. The van der Waals surface area contributed by atoms with Crippen molar-refractivity contribution in [2.45, 2.75) is 19.3 Å². The summed E-state index contributed by atoms with van der Waals surface area (Å²) in [6, 6.07) is 0. The van der Waals surface area contributed by atoms with Crippen LogP contribution in [0, 0.1) is 0 Å². The van der Waals surface area contributed by atoms with E-state index in [1.165, 1.54) is 19.3 Å². The van der Waals surface area contributed by atoms with Crippen molar-refractivity contribution in [3.63, 3.8) is 0 Å². The second kappa shape index (κ2) is 4.05. The van der Waals surface area contributed by atoms with E-state index in [1.807, 2.05) is 4.31 Å². The van der Waals surface area contributed by atoms with Crippen LogP contribution in [-0.4, -0.2) is 28.7 Å². The molecule has 0 saturated carbocycles. The number of nitrogens with one attached hydrogen (secondary N) is 1. The van der Waals surface area contributed by atoms with Gasteiger partial charge in [0.2, 0.25) is 0 Å². The highest BCUT2D eigenvalue weighted by molar-refractivity contribution is 7.80.